The molecule has 2 amide bonds. The van der Waals surface area contributed by atoms with E-state index in [1.54, 1.807) is 24.0 Å². The maximum Gasteiger partial charge on any atom is 0.309 e. The van der Waals surface area contributed by atoms with Gasteiger partial charge in [-0.2, -0.15) is 0 Å². The molecule has 1 aromatic rings. The minimum Gasteiger partial charge on any atom is -0.466 e. The van der Waals surface area contributed by atoms with E-state index >= 15 is 0 Å². The van der Waals surface area contributed by atoms with Crippen molar-refractivity contribution in [3.63, 3.8) is 0 Å². The maximum atomic E-state index is 12.2. The van der Waals surface area contributed by atoms with Gasteiger partial charge in [-0.05, 0) is 31.9 Å². The van der Waals surface area contributed by atoms with Crippen LogP contribution in [-0.4, -0.2) is 42.4 Å². The van der Waals surface area contributed by atoms with Gasteiger partial charge in [0.1, 0.15) is 0 Å². The summed E-state index contributed by atoms with van der Waals surface area (Å²) in [4.78, 5) is 37.5. The molecule has 130 valence electrons. The molecule has 0 aromatic heterocycles. The van der Waals surface area contributed by atoms with E-state index in [4.69, 9.17) is 4.74 Å². The van der Waals surface area contributed by atoms with Crippen LogP contribution in [0.15, 0.2) is 30.3 Å². The van der Waals surface area contributed by atoms with Crippen molar-refractivity contribution in [1.29, 1.82) is 0 Å². The Morgan fingerprint density at radius 3 is 2.42 bits per heavy atom. The van der Waals surface area contributed by atoms with Crippen molar-refractivity contribution in [2.24, 2.45) is 5.92 Å². The van der Waals surface area contributed by atoms with Gasteiger partial charge in [-0.25, -0.2) is 0 Å². The lowest BCUT2D eigenvalue weighted by molar-refractivity contribution is -0.151. The van der Waals surface area contributed by atoms with Crippen LogP contribution < -0.4 is 5.32 Å². The Morgan fingerprint density at radius 1 is 1.12 bits per heavy atom. The Kier molecular flexibility index (Phi) is 6.78. The summed E-state index contributed by atoms with van der Waals surface area (Å²) in [5.74, 6) is -0.501. The lowest BCUT2D eigenvalue weighted by Gasteiger charge is -2.30. The lowest BCUT2D eigenvalue weighted by Crippen LogP contribution is -2.40. The summed E-state index contributed by atoms with van der Waals surface area (Å²) in [5.41, 5.74) is 0.727. The number of likely N-dealkylation sites (tertiary alicyclic amines) is 1. The van der Waals surface area contributed by atoms with Gasteiger partial charge >= 0.3 is 5.97 Å². The van der Waals surface area contributed by atoms with Crippen molar-refractivity contribution in [1.82, 2.24) is 4.90 Å². The van der Waals surface area contributed by atoms with Crippen LogP contribution in [0.5, 0.6) is 0 Å². The number of nitrogens with zero attached hydrogens (tertiary/aromatic N) is 1. The molecule has 24 heavy (non-hydrogen) atoms. The third kappa shape index (κ3) is 5.37. The molecule has 1 aromatic carbocycles. The molecule has 0 aliphatic carbocycles. The molecule has 6 heteroatoms. The molecule has 1 N–H and O–H groups in total. The number of amides is 2. The van der Waals surface area contributed by atoms with E-state index in [9.17, 15) is 14.4 Å². The van der Waals surface area contributed by atoms with Crippen LogP contribution in [0.4, 0.5) is 5.69 Å². The number of hydrogen-bond donors (Lipinski definition) is 1. The number of hydrogen-bond acceptors (Lipinski definition) is 4. The number of esters is 1. The molecule has 0 atom stereocenters. The smallest absolute Gasteiger partial charge is 0.309 e. The van der Waals surface area contributed by atoms with Crippen LogP contribution in [0.25, 0.3) is 0 Å². The number of piperidine rings is 1. The number of carbonyl (C=O) groups excluding carboxylic acids is 3. The number of benzene rings is 1. The number of para-hydroxylation sites is 1. The van der Waals surface area contributed by atoms with Gasteiger partial charge in [0.25, 0.3) is 0 Å². The van der Waals surface area contributed by atoms with Crippen LogP contribution in [0.3, 0.4) is 0 Å². The third-order valence-corrected chi connectivity index (χ3v) is 4.09. The lowest BCUT2D eigenvalue weighted by atomic mass is 9.96. The number of ether oxygens (including phenoxy) is 1. The standard InChI is InChI=1S/C18H24N2O4/c1-2-24-18(23)14-10-12-20(13-11-14)17(22)9-8-16(21)19-15-6-4-3-5-7-15/h3-7,14H,2,8-13H2,1H3,(H,19,21). The monoisotopic (exact) mass is 332 g/mol. The highest BCUT2D eigenvalue weighted by Crippen LogP contribution is 2.19. The van der Waals surface area contributed by atoms with Crippen molar-refractivity contribution in [2.45, 2.75) is 32.6 Å². The second-order valence-electron chi connectivity index (χ2n) is 5.82. The third-order valence-electron chi connectivity index (χ3n) is 4.09. The molecule has 1 aliphatic rings. The molecule has 0 unspecified atom stereocenters. The minimum atomic E-state index is -0.174. The largest absolute Gasteiger partial charge is 0.466 e. The molecule has 1 fully saturated rings. The Labute approximate surface area is 142 Å². The predicted molar refractivity (Wildman–Crippen MR) is 90.2 cm³/mol. The van der Waals surface area contributed by atoms with Gasteiger partial charge in [0.05, 0.1) is 12.5 Å². The Morgan fingerprint density at radius 2 is 1.79 bits per heavy atom. The summed E-state index contributed by atoms with van der Waals surface area (Å²) in [6, 6.07) is 9.17. The summed E-state index contributed by atoms with van der Waals surface area (Å²) in [7, 11) is 0. The first-order valence-corrected chi connectivity index (χ1v) is 8.39. The predicted octanol–water partition coefficient (Wildman–Crippen LogP) is 2.21. The van der Waals surface area contributed by atoms with Crippen molar-refractivity contribution in [3.8, 4) is 0 Å². The summed E-state index contributed by atoms with van der Waals surface area (Å²) in [6.07, 6.45) is 1.59. The zero-order valence-electron chi connectivity index (χ0n) is 14.0. The van der Waals surface area contributed by atoms with E-state index in [0.29, 0.717) is 32.5 Å². The molecular weight excluding hydrogens is 308 g/mol. The van der Waals surface area contributed by atoms with Crippen LogP contribution in [0.2, 0.25) is 0 Å². The zero-order valence-corrected chi connectivity index (χ0v) is 14.0. The van der Waals surface area contributed by atoms with Gasteiger partial charge < -0.3 is 15.0 Å². The van der Waals surface area contributed by atoms with Crippen LogP contribution in [0, 0.1) is 5.92 Å². The number of rotatable bonds is 6. The summed E-state index contributed by atoms with van der Waals surface area (Å²) in [6.45, 7) is 3.26. The van der Waals surface area contributed by atoms with Crippen molar-refractivity contribution in [3.05, 3.63) is 30.3 Å². The molecule has 2 rings (SSSR count). The van der Waals surface area contributed by atoms with Crippen LogP contribution in [0.1, 0.15) is 32.6 Å². The zero-order chi connectivity index (χ0) is 17.4. The topological polar surface area (TPSA) is 75.7 Å². The summed E-state index contributed by atoms with van der Waals surface area (Å²) < 4.78 is 5.02. The van der Waals surface area contributed by atoms with E-state index < -0.39 is 0 Å². The van der Waals surface area contributed by atoms with E-state index in [0.717, 1.165) is 5.69 Å². The van der Waals surface area contributed by atoms with Crippen molar-refractivity contribution in [2.75, 3.05) is 25.0 Å². The van der Waals surface area contributed by atoms with Gasteiger partial charge in [-0.15, -0.1) is 0 Å². The minimum absolute atomic E-state index is 0.0412. The van der Waals surface area contributed by atoms with Gasteiger partial charge in [0.15, 0.2) is 0 Å². The normalized spacial score (nSPS) is 15.0. The highest BCUT2D eigenvalue weighted by molar-refractivity contribution is 5.93. The second-order valence-corrected chi connectivity index (χ2v) is 5.82. The highest BCUT2D eigenvalue weighted by Gasteiger charge is 2.28. The fraction of sp³-hybridized carbons (Fsp3) is 0.500. The van der Waals surface area contributed by atoms with Crippen LogP contribution >= 0.6 is 0 Å². The van der Waals surface area contributed by atoms with Gasteiger partial charge in [0.2, 0.25) is 11.8 Å². The Balaban J connectivity index is 1.70. The van der Waals surface area contributed by atoms with E-state index in [1.807, 2.05) is 18.2 Å². The fourth-order valence-corrected chi connectivity index (χ4v) is 2.75. The SMILES string of the molecule is CCOC(=O)C1CCN(C(=O)CCC(=O)Nc2ccccc2)CC1. The quantitative estimate of drug-likeness (QED) is 0.810. The van der Waals surface area contributed by atoms with Gasteiger partial charge in [-0.1, -0.05) is 18.2 Å². The van der Waals surface area contributed by atoms with E-state index in [2.05, 4.69) is 5.32 Å². The first-order chi connectivity index (χ1) is 11.6. The molecule has 0 radical (unpaired) electrons. The molecule has 1 heterocycles. The molecule has 0 saturated carbocycles. The fourth-order valence-electron chi connectivity index (χ4n) is 2.75. The number of nitrogens with one attached hydrogen (secondary N) is 1. The Bertz CT molecular complexity index is 566. The Hall–Kier alpha value is -2.37. The molecule has 0 spiro atoms. The van der Waals surface area contributed by atoms with Gasteiger partial charge in [0, 0.05) is 31.6 Å². The molecule has 6 nitrogen and oxygen atoms in total. The van der Waals surface area contributed by atoms with Crippen molar-refractivity contribution < 1.29 is 19.1 Å². The molecule has 1 aliphatic heterocycles. The molecular formula is C18H24N2O4. The van der Waals surface area contributed by atoms with E-state index in [-0.39, 0.29) is 36.5 Å². The average molecular weight is 332 g/mol. The highest BCUT2D eigenvalue weighted by atomic mass is 16.5. The first kappa shape index (κ1) is 18.0. The van der Waals surface area contributed by atoms with E-state index in [1.165, 1.54) is 0 Å². The maximum absolute atomic E-state index is 12.2. The summed E-state index contributed by atoms with van der Waals surface area (Å²) in [5, 5.41) is 2.77. The number of anilines is 1. The van der Waals surface area contributed by atoms with Gasteiger partial charge in [-0.3, -0.25) is 14.4 Å². The molecule has 1 saturated heterocycles. The molecule has 0 bridgehead atoms. The van der Waals surface area contributed by atoms with Crippen molar-refractivity contribution >= 4 is 23.5 Å². The average Bonchev–Trinajstić information content (AvgIpc) is 2.61. The summed E-state index contributed by atoms with van der Waals surface area (Å²) >= 11 is 0. The number of carbonyl (C=O) groups is 3. The van der Waals surface area contributed by atoms with Crippen LogP contribution in [-0.2, 0) is 19.1 Å². The second kappa shape index (κ2) is 9.05. The first-order valence-electron chi connectivity index (χ1n) is 8.39.